The smallest absolute Gasteiger partial charge is 0.286 e. The molecule has 0 aliphatic rings. The number of halogens is 1. The zero-order chi connectivity index (χ0) is 23.1. The van der Waals surface area contributed by atoms with Gasteiger partial charge in [0.15, 0.2) is 5.76 Å². The van der Waals surface area contributed by atoms with E-state index in [9.17, 15) is 18.0 Å². The fourth-order valence-electron chi connectivity index (χ4n) is 2.99. The second-order valence-electron chi connectivity index (χ2n) is 6.68. The molecule has 10 heteroatoms. The van der Waals surface area contributed by atoms with Crippen LogP contribution in [0, 0.1) is 0 Å². The molecule has 3 aromatic rings. The molecule has 0 spiro atoms. The number of benzene rings is 2. The van der Waals surface area contributed by atoms with Gasteiger partial charge >= 0.3 is 0 Å². The van der Waals surface area contributed by atoms with Crippen molar-refractivity contribution in [2.75, 3.05) is 22.7 Å². The largest absolute Gasteiger partial charge is 0.459 e. The molecule has 2 aromatic carbocycles. The third-order valence-corrected chi connectivity index (χ3v) is 6.88. The molecule has 0 radical (unpaired) electrons. The number of hydrogen-bond acceptors (Lipinski definition) is 5. The van der Waals surface area contributed by atoms with E-state index in [2.05, 4.69) is 10.6 Å². The Balaban J connectivity index is 1.69. The zero-order valence-electron chi connectivity index (χ0n) is 17.2. The highest BCUT2D eigenvalue weighted by Gasteiger charge is 2.26. The molecular formula is C22H22ClN3O5S. The summed E-state index contributed by atoms with van der Waals surface area (Å²) in [6, 6.07) is 16.0. The quantitative estimate of drug-likeness (QED) is 0.487. The van der Waals surface area contributed by atoms with E-state index in [1.54, 1.807) is 43.3 Å². The Morgan fingerprint density at radius 3 is 2.47 bits per heavy atom. The molecule has 0 fully saturated rings. The van der Waals surface area contributed by atoms with Crippen LogP contribution in [-0.4, -0.2) is 33.3 Å². The van der Waals surface area contributed by atoms with Gasteiger partial charge in [-0.3, -0.25) is 13.9 Å². The summed E-state index contributed by atoms with van der Waals surface area (Å²) >= 11 is 6.20. The summed E-state index contributed by atoms with van der Waals surface area (Å²) in [5.41, 5.74) is 0.784. The van der Waals surface area contributed by atoms with E-state index < -0.39 is 21.8 Å². The van der Waals surface area contributed by atoms with Crippen LogP contribution in [0.4, 0.5) is 11.4 Å². The van der Waals surface area contributed by atoms with E-state index in [1.807, 2.05) is 0 Å². The SMILES string of the molecule is CCN(c1ccccc1)S(=O)(=O)c1cc(NC(=O)CCNC(=O)c2ccco2)ccc1Cl. The van der Waals surface area contributed by atoms with Crippen LogP contribution in [0.2, 0.25) is 5.02 Å². The molecule has 2 amide bonds. The van der Waals surface area contributed by atoms with Gasteiger partial charge in [0, 0.05) is 25.2 Å². The van der Waals surface area contributed by atoms with Crippen molar-refractivity contribution in [1.82, 2.24) is 5.32 Å². The predicted molar refractivity (Wildman–Crippen MR) is 122 cm³/mol. The van der Waals surface area contributed by atoms with Gasteiger partial charge in [-0.1, -0.05) is 29.8 Å². The molecule has 0 aliphatic carbocycles. The third kappa shape index (κ3) is 5.49. The van der Waals surface area contributed by atoms with E-state index >= 15 is 0 Å². The van der Waals surface area contributed by atoms with Gasteiger partial charge in [-0.05, 0) is 49.4 Å². The van der Waals surface area contributed by atoms with Crippen LogP contribution in [-0.2, 0) is 14.8 Å². The summed E-state index contributed by atoms with van der Waals surface area (Å²) < 4.78 is 32.7. The van der Waals surface area contributed by atoms with E-state index in [4.69, 9.17) is 16.0 Å². The van der Waals surface area contributed by atoms with Crippen molar-refractivity contribution in [1.29, 1.82) is 0 Å². The van der Waals surface area contributed by atoms with Gasteiger partial charge in [-0.25, -0.2) is 8.42 Å². The summed E-state index contributed by atoms with van der Waals surface area (Å²) in [6.07, 6.45) is 1.37. The molecule has 0 atom stereocenters. The highest BCUT2D eigenvalue weighted by Crippen LogP contribution is 2.30. The van der Waals surface area contributed by atoms with E-state index in [0.29, 0.717) is 5.69 Å². The van der Waals surface area contributed by atoms with E-state index in [-0.39, 0.29) is 40.9 Å². The summed E-state index contributed by atoms with van der Waals surface area (Å²) in [5, 5.41) is 5.25. The number of nitrogens with zero attached hydrogens (tertiary/aromatic N) is 1. The molecule has 0 unspecified atom stereocenters. The topological polar surface area (TPSA) is 109 Å². The summed E-state index contributed by atoms with van der Waals surface area (Å²) in [4.78, 5) is 24.0. The lowest BCUT2D eigenvalue weighted by molar-refractivity contribution is -0.116. The average Bonchev–Trinajstić information content (AvgIpc) is 3.31. The van der Waals surface area contributed by atoms with Gasteiger partial charge in [-0.15, -0.1) is 0 Å². The Morgan fingerprint density at radius 1 is 1.06 bits per heavy atom. The minimum atomic E-state index is -3.96. The minimum absolute atomic E-state index is 0.0116. The molecule has 8 nitrogen and oxygen atoms in total. The Labute approximate surface area is 191 Å². The Bertz CT molecular complexity index is 1180. The zero-order valence-corrected chi connectivity index (χ0v) is 18.8. The molecule has 2 N–H and O–H groups in total. The van der Waals surface area contributed by atoms with Crippen LogP contribution in [0.3, 0.4) is 0 Å². The number of carbonyl (C=O) groups is 2. The van der Waals surface area contributed by atoms with Crippen molar-refractivity contribution < 1.29 is 22.4 Å². The Kier molecular flexibility index (Phi) is 7.55. The van der Waals surface area contributed by atoms with Crippen LogP contribution >= 0.6 is 11.6 Å². The van der Waals surface area contributed by atoms with E-state index in [1.165, 1.54) is 34.8 Å². The molecule has 1 aromatic heterocycles. The van der Waals surface area contributed by atoms with Gasteiger partial charge in [0.25, 0.3) is 15.9 Å². The minimum Gasteiger partial charge on any atom is -0.459 e. The van der Waals surface area contributed by atoms with Crippen LogP contribution in [0.1, 0.15) is 23.9 Å². The first-order chi connectivity index (χ1) is 15.3. The fourth-order valence-corrected chi connectivity index (χ4v) is 4.97. The number of para-hydroxylation sites is 1. The van der Waals surface area contributed by atoms with Crippen molar-refractivity contribution in [3.63, 3.8) is 0 Å². The average molecular weight is 476 g/mol. The molecule has 32 heavy (non-hydrogen) atoms. The van der Waals surface area contributed by atoms with Gasteiger partial charge in [-0.2, -0.15) is 0 Å². The fraction of sp³-hybridized carbons (Fsp3) is 0.182. The van der Waals surface area contributed by atoms with Crippen LogP contribution < -0.4 is 14.9 Å². The molecule has 168 valence electrons. The predicted octanol–water partition coefficient (Wildman–Crippen LogP) is 3.91. The lowest BCUT2D eigenvalue weighted by Crippen LogP contribution is -2.31. The first-order valence-corrected chi connectivity index (χ1v) is 11.6. The maximum Gasteiger partial charge on any atom is 0.286 e. The van der Waals surface area contributed by atoms with Gasteiger partial charge in [0.1, 0.15) is 4.90 Å². The molecule has 0 saturated heterocycles. The van der Waals surface area contributed by atoms with E-state index in [0.717, 1.165) is 0 Å². The number of nitrogens with one attached hydrogen (secondary N) is 2. The van der Waals surface area contributed by atoms with Crippen LogP contribution in [0.25, 0.3) is 0 Å². The van der Waals surface area contributed by atoms with Gasteiger partial charge in [0.05, 0.1) is 17.0 Å². The van der Waals surface area contributed by atoms with Gasteiger partial charge in [0.2, 0.25) is 5.91 Å². The monoisotopic (exact) mass is 475 g/mol. The first-order valence-electron chi connectivity index (χ1n) is 9.82. The second-order valence-corrected chi connectivity index (χ2v) is 8.92. The highest BCUT2D eigenvalue weighted by molar-refractivity contribution is 7.93. The van der Waals surface area contributed by atoms with Crippen molar-refractivity contribution in [3.05, 3.63) is 77.7 Å². The molecular weight excluding hydrogens is 454 g/mol. The lowest BCUT2D eigenvalue weighted by Gasteiger charge is -2.23. The van der Waals surface area contributed by atoms with Crippen molar-refractivity contribution >= 4 is 44.8 Å². The standard InChI is InChI=1S/C22H22ClN3O5S/c1-2-26(17-7-4-3-5-8-17)32(29,30)20-15-16(10-11-18(20)23)25-21(27)12-13-24-22(28)19-9-6-14-31-19/h3-11,14-15H,2,12-13H2,1H3,(H,24,28)(H,25,27). The molecule has 0 bridgehead atoms. The summed E-state index contributed by atoms with van der Waals surface area (Å²) in [5.74, 6) is -0.675. The number of anilines is 2. The molecule has 1 heterocycles. The number of furan rings is 1. The maximum atomic E-state index is 13.3. The lowest BCUT2D eigenvalue weighted by atomic mass is 10.3. The number of sulfonamides is 1. The molecule has 0 aliphatic heterocycles. The Morgan fingerprint density at radius 2 is 1.81 bits per heavy atom. The summed E-state index contributed by atoms with van der Waals surface area (Å²) in [7, 11) is -3.96. The van der Waals surface area contributed by atoms with Crippen LogP contribution in [0.15, 0.2) is 76.2 Å². The highest BCUT2D eigenvalue weighted by atomic mass is 35.5. The normalized spacial score (nSPS) is 11.1. The van der Waals surface area contributed by atoms with Crippen molar-refractivity contribution in [3.8, 4) is 0 Å². The maximum absolute atomic E-state index is 13.3. The molecule has 3 rings (SSSR count). The Hall–Kier alpha value is -3.30. The summed E-state index contributed by atoms with van der Waals surface area (Å²) in [6.45, 7) is 2.01. The second kappa shape index (κ2) is 10.3. The number of amides is 2. The van der Waals surface area contributed by atoms with Crippen molar-refractivity contribution in [2.24, 2.45) is 0 Å². The molecule has 0 saturated carbocycles. The number of rotatable bonds is 9. The third-order valence-electron chi connectivity index (χ3n) is 4.50. The first kappa shape index (κ1) is 23.4. The van der Waals surface area contributed by atoms with Gasteiger partial charge < -0.3 is 15.1 Å². The van der Waals surface area contributed by atoms with Crippen molar-refractivity contribution in [2.45, 2.75) is 18.2 Å². The number of carbonyl (C=O) groups excluding carboxylic acids is 2. The number of hydrogen-bond donors (Lipinski definition) is 2. The van der Waals surface area contributed by atoms with Crippen LogP contribution in [0.5, 0.6) is 0 Å².